The van der Waals surface area contributed by atoms with E-state index in [1.54, 1.807) is 24.4 Å². The summed E-state index contributed by atoms with van der Waals surface area (Å²) in [5.74, 6) is 0.686. The normalized spacial score (nSPS) is 11.8. The van der Waals surface area contributed by atoms with Crippen LogP contribution < -0.4 is 10.2 Å². The topological polar surface area (TPSA) is 50.7 Å². The van der Waals surface area contributed by atoms with Crippen LogP contribution in [0.25, 0.3) is 6.08 Å². The van der Waals surface area contributed by atoms with E-state index >= 15 is 0 Å². The number of nitrogens with one attached hydrogen (secondary N) is 1. The molecule has 0 aromatic heterocycles. The molecule has 0 unspecified atom stereocenters. The Hall–Kier alpha value is -2.40. The first-order valence-corrected chi connectivity index (χ1v) is 9.15. The highest BCUT2D eigenvalue weighted by molar-refractivity contribution is 9.10. The first-order chi connectivity index (χ1) is 12.4. The third-order valence-electron chi connectivity index (χ3n) is 3.84. The molecule has 0 heterocycles. The lowest BCUT2D eigenvalue weighted by Crippen LogP contribution is -2.18. The summed E-state index contributed by atoms with van der Waals surface area (Å²) in [4.78, 5) is 12.2. The SMILES string of the molecule is COc1cc(Br)ccc1C(=O)N/N=C/C(C)=C/c1ccc(C(C)C)cc1. The second kappa shape index (κ2) is 9.34. The second-order valence-electron chi connectivity index (χ2n) is 6.25. The number of carbonyl (C=O) groups excluding carboxylic acids is 1. The molecule has 0 aliphatic rings. The van der Waals surface area contributed by atoms with Gasteiger partial charge in [-0.3, -0.25) is 4.79 Å². The number of hydrogen-bond donors (Lipinski definition) is 1. The summed E-state index contributed by atoms with van der Waals surface area (Å²) in [6.45, 7) is 6.28. The number of methoxy groups -OCH3 is 1. The van der Waals surface area contributed by atoms with Crippen LogP contribution in [0.3, 0.4) is 0 Å². The van der Waals surface area contributed by atoms with Crippen LogP contribution in [0, 0.1) is 0 Å². The molecule has 26 heavy (non-hydrogen) atoms. The number of ether oxygens (including phenoxy) is 1. The molecule has 0 bridgehead atoms. The van der Waals surface area contributed by atoms with Gasteiger partial charge in [0.15, 0.2) is 0 Å². The van der Waals surface area contributed by atoms with E-state index in [2.05, 4.69) is 64.6 Å². The quantitative estimate of drug-likeness (QED) is 0.507. The number of hydrogen-bond acceptors (Lipinski definition) is 3. The lowest BCUT2D eigenvalue weighted by Gasteiger charge is -2.07. The molecule has 0 fully saturated rings. The minimum Gasteiger partial charge on any atom is -0.496 e. The molecule has 5 heteroatoms. The Balaban J connectivity index is 2.02. The molecule has 0 aliphatic carbocycles. The molecule has 0 spiro atoms. The van der Waals surface area contributed by atoms with Crippen molar-refractivity contribution in [1.82, 2.24) is 5.43 Å². The third kappa shape index (κ3) is 5.56. The Morgan fingerprint density at radius 2 is 1.88 bits per heavy atom. The molecule has 0 aliphatic heterocycles. The van der Waals surface area contributed by atoms with Crippen LogP contribution in [0.4, 0.5) is 0 Å². The van der Waals surface area contributed by atoms with Gasteiger partial charge in [0, 0.05) is 4.47 Å². The summed E-state index contributed by atoms with van der Waals surface area (Å²) in [6, 6.07) is 13.6. The molecule has 0 atom stereocenters. The molecule has 2 aromatic carbocycles. The van der Waals surface area contributed by atoms with Crippen molar-refractivity contribution in [1.29, 1.82) is 0 Å². The van der Waals surface area contributed by atoms with E-state index in [1.807, 2.05) is 13.0 Å². The van der Waals surface area contributed by atoms with E-state index in [0.717, 1.165) is 15.6 Å². The van der Waals surface area contributed by atoms with Crippen molar-refractivity contribution in [3.05, 3.63) is 69.2 Å². The molecular weight excluding hydrogens is 392 g/mol. The average Bonchev–Trinajstić information content (AvgIpc) is 2.61. The van der Waals surface area contributed by atoms with Gasteiger partial charge < -0.3 is 4.74 Å². The Kier molecular flexibility index (Phi) is 7.16. The summed E-state index contributed by atoms with van der Waals surface area (Å²) in [5, 5.41) is 4.03. The van der Waals surface area contributed by atoms with Gasteiger partial charge in [-0.25, -0.2) is 5.43 Å². The van der Waals surface area contributed by atoms with Gasteiger partial charge in [-0.1, -0.05) is 60.1 Å². The lowest BCUT2D eigenvalue weighted by atomic mass is 10.0. The molecule has 4 nitrogen and oxygen atoms in total. The van der Waals surface area contributed by atoms with Gasteiger partial charge in [-0.2, -0.15) is 5.10 Å². The lowest BCUT2D eigenvalue weighted by molar-refractivity contribution is 0.0952. The van der Waals surface area contributed by atoms with E-state index < -0.39 is 0 Å². The van der Waals surface area contributed by atoms with E-state index in [9.17, 15) is 4.79 Å². The Labute approximate surface area is 163 Å². The number of rotatable bonds is 6. The average molecular weight is 415 g/mol. The molecule has 2 rings (SSSR count). The zero-order valence-electron chi connectivity index (χ0n) is 15.4. The van der Waals surface area contributed by atoms with Crippen molar-refractivity contribution in [2.45, 2.75) is 26.7 Å². The van der Waals surface area contributed by atoms with Crippen molar-refractivity contribution in [2.24, 2.45) is 5.10 Å². The largest absolute Gasteiger partial charge is 0.496 e. The minimum absolute atomic E-state index is 0.320. The highest BCUT2D eigenvalue weighted by Crippen LogP contribution is 2.23. The van der Waals surface area contributed by atoms with Crippen LogP contribution in [0.1, 0.15) is 48.2 Å². The Bertz CT molecular complexity index is 824. The number of nitrogens with zero attached hydrogens (tertiary/aromatic N) is 1. The van der Waals surface area contributed by atoms with E-state index in [0.29, 0.717) is 17.2 Å². The third-order valence-corrected chi connectivity index (χ3v) is 4.33. The molecular formula is C21H23BrN2O2. The van der Waals surface area contributed by atoms with Crippen LogP contribution >= 0.6 is 15.9 Å². The van der Waals surface area contributed by atoms with Gasteiger partial charge in [0.25, 0.3) is 5.91 Å². The molecule has 2 aromatic rings. The van der Waals surface area contributed by atoms with Crippen molar-refractivity contribution < 1.29 is 9.53 Å². The maximum Gasteiger partial charge on any atom is 0.275 e. The minimum atomic E-state index is -0.320. The fourth-order valence-electron chi connectivity index (χ4n) is 2.38. The number of allylic oxidation sites excluding steroid dienone is 1. The standard InChI is InChI=1S/C21H23BrN2O2/c1-14(2)17-7-5-16(6-8-17)11-15(3)13-23-24-21(25)19-10-9-18(22)12-20(19)26-4/h5-14H,1-4H3,(H,24,25)/b15-11+,23-13+. The first kappa shape index (κ1) is 19.9. The zero-order chi connectivity index (χ0) is 19.1. The molecule has 1 N–H and O–H groups in total. The van der Waals surface area contributed by atoms with E-state index in [-0.39, 0.29) is 5.91 Å². The van der Waals surface area contributed by atoms with Crippen LogP contribution in [0.5, 0.6) is 5.75 Å². The highest BCUT2D eigenvalue weighted by atomic mass is 79.9. The first-order valence-electron chi connectivity index (χ1n) is 8.36. The molecule has 0 saturated heterocycles. The van der Waals surface area contributed by atoms with Gasteiger partial charge in [0.1, 0.15) is 5.75 Å². The van der Waals surface area contributed by atoms with Crippen LogP contribution in [0.15, 0.2) is 57.6 Å². The van der Waals surface area contributed by atoms with Gasteiger partial charge in [0.05, 0.1) is 18.9 Å². The Morgan fingerprint density at radius 3 is 2.50 bits per heavy atom. The number of amides is 1. The molecule has 0 radical (unpaired) electrons. The van der Waals surface area contributed by atoms with Gasteiger partial charge in [-0.15, -0.1) is 0 Å². The maximum atomic E-state index is 12.2. The van der Waals surface area contributed by atoms with E-state index in [4.69, 9.17) is 4.74 Å². The number of carbonyl (C=O) groups is 1. The Morgan fingerprint density at radius 1 is 1.19 bits per heavy atom. The zero-order valence-corrected chi connectivity index (χ0v) is 17.0. The fraction of sp³-hybridized carbons (Fsp3) is 0.238. The highest BCUT2D eigenvalue weighted by Gasteiger charge is 2.11. The smallest absolute Gasteiger partial charge is 0.275 e. The monoisotopic (exact) mass is 414 g/mol. The van der Waals surface area contributed by atoms with Crippen LogP contribution in [-0.4, -0.2) is 19.2 Å². The van der Waals surface area contributed by atoms with Crippen molar-refractivity contribution in [3.8, 4) is 5.75 Å². The van der Waals surface area contributed by atoms with Gasteiger partial charge >= 0.3 is 0 Å². The van der Waals surface area contributed by atoms with E-state index in [1.165, 1.54) is 12.7 Å². The van der Waals surface area contributed by atoms with Crippen LogP contribution in [0.2, 0.25) is 0 Å². The molecule has 136 valence electrons. The summed E-state index contributed by atoms with van der Waals surface area (Å²) in [6.07, 6.45) is 3.64. The van der Waals surface area contributed by atoms with Crippen molar-refractivity contribution in [3.63, 3.8) is 0 Å². The molecule has 1 amide bonds. The van der Waals surface area contributed by atoms with Crippen molar-refractivity contribution in [2.75, 3.05) is 7.11 Å². The number of hydrazone groups is 1. The van der Waals surface area contributed by atoms with Crippen molar-refractivity contribution >= 4 is 34.1 Å². The molecule has 0 saturated carbocycles. The van der Waals surface area contributed by atoms with Crippen LogP contribution in [-0.2, 0) is 0 Å². The summed E-state index contributed by atoms with van der Waals surface area (Å²) >= 11 is 3.35. The summed E-state index contributed by atoms with van der Waals surface area (Å²) in [5.41, 5.74) is 6.30. The summed E-state index contributed by atoms with van der Waals surface area (Å²) < 4.78 is 6.07. The predicted octanol–water partition coefficient (Wildman–Crippen LogP) is 5.40. The predicted molar refractivity (Wildman–Crippen MR) is 111 cm³/mol. The summed E-state index contributed by atoms with van der Waals surface area (Å²) in [7, 11) is 1.53. The van der Waals surface area contributed by atoms with Gasteiger partial charge in [-0.05, 0) is 47.7 Å². The fourth-order valence-corrected chi connectivity index (χ4v) is 2.72. The van der Waals surface area contributed by atoms with Gasteiger partial charge in [0.2, 0.25) is 0 Å². The second-order valence-corrected chi connectivity index (χ2v) is 7.17. The number of halogens is 1. The maximum absolute atomic E-state index is 12.2. The number of benzene rings is 2.